The third kappa shape index (κ3) is 6.37. The Balaban J connectivity index is 1.36. The summed E-state index contributed by atoms with van der Waals surface area (Å²) in [6, 6.07) is 9.78. The maximum absolute atomic E-state index is 13.5. The fourth-order valence-electron chi connectivity index (χ4n) is 6.52. The first-order valence-corrected chi connectivity index (χ1v) is 15.5. The van der Waals surface area contributed by atoms with Gasteiger partial charge >= 0.3 is 6.18 Å². The van der Waals surface area contributed by atoms with E-state index >= 15 is 0 Å². The number of fused-ring (bicyclic) bond motifs is 1. The first-order valence-electron chi connectivity index (χ1n) is 14.1. The number of amides is 1. The van der Waals surface area contributed by atoms with E-state index in [2.05, 4.69) is 28.0 Å². The van der Waals surface area contributed by atoms with Crippen LogP contribution in [0.5, 0.6) is 0 Å². The highest BCUT2D eigenvalue weighted by Gasteiger charge is 2.40. The number of piperazine rings is 1. The Bertz CT molecular complexity index is 1330. The molecule has 2 aliphatic heterocycles. The number of hydrogen-bond acceptors (Lipinski definition) is 5. The van der Waals surface area contributed by atoms with Gasteiger partial charge in [-0.3, -0.25) is 14.6 Å². The first kappa shape index (κ1) is 29.0. The van der Waals surface area contributed by atoms with Crippen molar-refractivity contribution in [3.63, 3.8) is 0 Å². The molecule has 1 amide bonds. The number of halogens is 3. The number of benzene rings is 2. The molecule has 0 saturated carbocycles. The van der Waals surface area contributed by atoms with Crippen LogP contribution in [-0.4, -0.2) is 67.2 Å². The average molecular weight is 579 g/mol. The van der Waals surface area contributed by atoms with Crippen molar-refractivity contribution in [2.45, 2.75) is 74.6 Å². The highest BCUT2D eigenvalue weighted by molar-refractivity contribution is 7.89. The van der Waals surface area contributed by atoms with E-state index in [0.29, 0.717) is 12.6 Å². The topological polar surface area (TPSA) is 87.0 Å². The Hall–Kier alpha value is -2.47. The standard InChI is InChI=1S/C29H37F3N4O3S/c30-29(31,32)23-7-5-8-25(17-23)40(38,39)36-15-14-35(20-24(36)18-28(33)37)27-9-4-6-22-16-21(10-11-26(22)27)19-34-12-2-1-3-13-34/h5,7-8,10-11,16-17,24,27H,1-4,6,9,12-15,18-20H2,(H2,33,37)/t24?,27-/m1/s1. The number of carbonyl (C=O) groups is 1. The van der Waals surface area contributed by atoms with Crippen LogP contribution < -0.4 is 5.73 Å². The van der Waals surface area contributed by atoms with Gasteiger partial charge in [-0.15, -0.1) is 0 Å². The Morgan fingerprint density at radius 3 is 2.48 bits per heavy atom. The van der Waals surface area contributed by atoms with Crippen LogP contribution in [0.25, 0.3) is 0 Å². The van der Waals surface area contributed by atoms with Gasteiger partial charge in [0.1, 0.15) is 0 Å². The van der Waals surface area contributed by atoms with Gasteiger partial charge in [0, 0.05) is 44.7 Å². The summed E-state index contributed by atoms with van der Waals surface area (Å²) in [7, 11) is -4.28. The lowest BCUT2D eigenvalue weighted by Gasteiger charge is -2.45. The summed E-state index contributed by atoms with van der Waals surface area (Å²) in [5.41, 5.74) is 8.34. The van der Waals surface area contributed by atoms with Crippen LogP contribution in [0.3, 0.4) is 0 Å². The summed E-state index contributed by atoms with van der Waals surface area (Å²) in [5.74, 6) is -0.650. The van der Waals surface area contributed by atoms with E-state index in [0.717, 1.165) is 61.4 Å². The summed E-state index contributed by atoms with van der Waals surface area (Å²) in [6.45, 7) is 3.97. The number of nitrogens with zero attached hydrogens (tertiary/aromatic N) is 3. The molecule has 2 fully saturated rings. The lowest BCUT2D eigenvalue weighted by Crippen LogP contribution is -2.56. The van der Waals surface area contributed by atoms with Gasteiger partial charge in [-0.25, -0.2) is 8.42 Å². The molecular weight excluding hydrogens is 541 g/mol. The van der Waals surface area contributed by atoms with Crippen LogP contribution in [0.15, 0.2) is 47.4 Å². The van der Waals surface area contributed by atoms with Crippen molar-refractivity contribution in [1.29, 1.82) is 0 Å². The minimum absolute atomic E-state index is 0.0649. The van der Waals surface area contributed by atoms with Crippen LogP contribution in [0.4, 0.5) is 13.2 Å². The van der Waals surface area contributed by atoms with Crippen molar-refractivity contribution in [3.05, 3.63) is 64.7 Å². The molecule has 3 aliphatic rings. The van der Waals surface area contributed by atoms with Crippen molar-refractivity contribution < 1.29 is 26.4 Å². The number of nitrogens with two attached hydrogens (primary N) is 1. The van der Waals surface area contributed by atoms with Crippen LogP contribution in [0, 0.1) is 0 Å². The molecule has 11 heteroatoms. The zero-order chi connectivity index (χ0) is 28.5. The van der Waals surface area contributed by atoms with E-state index in [9.17, 15) is 26.4 Å². The zero-order valence-electron chi connectivity index (χ0n) is 22.6. The third-order valence-electron chi connectivity index (χ3n) is 8.45. The van der Waals surface area contributed by atoms with Crippen molar-refractivity contribution in [1.82, 2.24) is 14.1 Å². The second-order valence-electron chi connectivity index (χ2n) is 11.2. The molecule has 2 saturated heterocycles. The minimum Gasteiger partial charge on any atom is -0.370 e. The molecule has 2 heterocycles. The van der Waals surface area contributed by atoms with Gasteiger partial charge in [-0.1, -0.05) is 30.7 Å². The number of primary amides is 1. The van der Waals surface area contributed by atoms with Gasteiger partial charge in [0.15, 0.2) is 0 Å². The minimum atomic E-state index is -4.67. The van der Waals surface area contributed by atoms with E-state index in [-0.39, 0.29) is 25.6 Å². The SMILES string of the molecule is NC(=O)CC1CN([C@@H]2CCCc3cc(CN4CCCCC4)ccc32)CCN1S(=O)(=O)c1cccc(C(F)(F)F)c1. The van der Waals surface area contributed by atoms with Crippen molar-refractivity contribution in [3.8, 4) is 0 Å². The zero-order valence-corrected chi connectivity index (χ0v) is 23.4. The Morgan fingerprint density at radius 2 is 1.75 bits per heavy atom. The number of alkyl halides is 3. The monoisotopic (exact) mass is 578 g/mol. The van der Waals surface area contributed by atoms with E-state index < -0.39 is 38.6 Å². The molecular formula is C29H37F3N4O3S. The molecule has 5 rings (SSSR count). The van der Waals surface area contributed by atoms with Crippen molar-refractivity contribution >= 4 is 15.9 Å². The fraction of sp³-hybridized carbons (Fsp3) is 0.552. The maximum Gasteiger partial charge on any atom is 0.416 e. The normalized spacial score (nSPS) is 23.6. The molecule has 0 aromatic heterocycles. The molecule has 0 radical (unpaired) electrons. The smallest absolute Gasteiger partial charge is 0.370 e. The molecule has 0 bridgehead atoms. The molecule has 2 atom stereocenters. The highest BCUT2D eigenvalue weighted by atomic mass is 32.2. The molecule has 40 heavy (non-hydrogen) atoms. The predicted octanol–water partition coefficient (Wildman–Crippen LogP) is 4.32. The second-order valence-corrected chi connectivity index (χ2v) is 13.1. The van der Waals surface area contributed by atoms with Crippen LogP contribution in [0.2, 0.25) is 0 Å². The first-order chi connectivity index (χ1) is 19.0. The molecule has 1 aliphatic carbocycles. The summed E-state index contributed by atoms with van der Waals surface area (Å²) < 4.78 is 68.1. The molecule has 2 aromatic rings. The predicted molar refractivity (Wildman–Crippen MR) is 146 cm³/mol. The number of hydrogen-bond donors (Lipinski definition) is 1. The fourth-order valence-corrected chi connectivity index (χ4v) is 8.18. The van der Waals surface area contributed by atoms with Gasteiger partial charge in [-0.2, -0.15) is 17.5 Å². The van der Waals surface area contributed by atoms with Gasteiger partial charge in [-0.05, 0) is 80.1 Å². The summed E-state index contributed by atoms with van der Waals surface area (Å²) in [4.78, 5) is 16.3. The van der Waals surface area contributed by atoms with E-state index in [4.69, 9.17) is 5.73 Å². The average Bonchev–Trinajstić information content (AvgIpc) is 2.92. The Kier molecular flexibility index (Phi) is 8.56. The number of likely N-dealkylation sites (tertiary alicyclic amines) is 1. The van der Waals surface area contributed by atoms with E-state index in [1.54, 1.807) is 0 Å². The molecule has 2 N–H and O–H groups in total. The lowest BCUT2D eigenvalue weighted by molar-refractivity contribution is -0.137. The van der Waals surface area contributed by atoms with Crippen molar-refractivity contribution in [2.75, 3.05) is 32.7 Å². The lowest BCUT2D eigenvalue weighted by atomic mass is 9.85. The number of piperidine rings is 1. The third-order valence-corrected chi connectivity index (χ3v) is 10.4. The summed E-state index contributed by atoms with van der Waals surface area (Å²) in [6.07, 6.45) is 1.84. The largest absolute Gasteiger partial charge is 0.416 e. The van der Waals surface area contributed by atoms with Crippen LogP contribution in [0.1, 0.15) is 66.8 Å². The van der Waals surface area contributed by atoms with Gasteiger partial charge < -0.3 is 5.73 Å². The molecule has 0 spiro atoms. The van der Waals surface area contributed by atoms with E-state index in [1.807, 2.05) is 0 Å². The molecule has 2 aromatic carbocycles. The van der Waals surface area contributed by atoms with Crippen LogP contribution in [-0.2, 0) is 34.0 Å². The Morgan fingerprint density at radius 1 is 0.975 bits per heavy atom. The van der Waals surface area contributed by atoms with Gasteiger partial charge in [0.2, 0.25) is 15.9 Å². The van der Waals surface area contributed by atoms with Gasteiger partial charge in [0.25, 0.3) is 0 Å². The number of sulfonamides is 1. The highest BCUT2D eigenvalue weighted by Crippen LogP contribution is 2.38. The quantitative estimate of drug-likeness (QED) is 0.529. The number of rotatable bonds is 7. The molecule has 7 nitrogen and oxygen atoms in total. The van der Waals surface area contributed by atoms with Gasteiger partial charge in [0.05, 0.1) is 10.5 Å². The van der Waals surface area contributed by atoms with Crippen molar-refractivity contribution in [2.24, 2.45) is 5.73 Å². The number of carbonyl (C=O) groups excluding carboxylic acids is 1. The van der Waals surface area contributed by atoms with Crippen LogP contribution >= 0.6 is 0 Å². The Labute approximate surface area is 234 Å². The summed E-state index contributed by atoms with van der Waals surface area (Å²) in [5, 5.41) is 0. The van der Waals surface area contributed by atoms with E-state index in [1.165, 1.54) is 36.0 Å². The maximum atomic E-state index is 13.5. The molecule has 218 valence electrons. The number of aryl methyl sites for hydroxylation is 1. The summed E-state index contributed by atoms with van der Waals surface area (Å²) >= 11 is 0. The second kappa shape index (κ2) is 11.8. The molecule has 1 unspecified atom stereocenters.